The third-order valence-corrected chi connectivity index (χ3v) is 5.19. The van der Waals surface area contributed by atoms with Gasteiger partial charge in [-0.05, 0) is 43.0 Å². The quantitative estimate of drug-likeness (QED) is 0.667. The Morgan fingerprint density at radius 2 is 2.09 bits per heavy atom. The Balaban J connectivity index is 1.52. The molecule has 2 heterocycles. The molecule has 0 aliphatic carbocycles. The Kier molecular flexibility index (Phi) is 5.34. The van der Waals surface area contributed by atoms with E-state index in [4.69, 9.17) is 27.9 Å². The van der Waals surface area contributed by atoms with Crippen LogP contribution in [0.5, 0.6) is 0 Å². The van der Waals surface area contributed by atoms with E-state index in [1.165, 1.54) is 12.8 Å². The molecular weight excluding hydrogens is 333 g/mol. The summed E-state index contributed by atoms with van der Waals surface area (Å²) in [5.74, 6) is 0.974. The lowest BCUT2D eigenvalue weighted by molar-refractivity contribution is 0.156. The summed E-state index contributed by atoms with van der Waals surface area (Å²) >= 11 is 12.1. The van der Waals surface area contributed by atoms with Gasteiger partial charge in [0, 0.05) is 48.7 Å². The summed E-state index contributed by atoms with van der Waals surface area (Å²) in [5, 5.41) is 4.81. The van der Waals surface area contributed by atoms with Gasteiger partial charge in [0.1, 0.15) is 0 Å². The van der Waals surface area contributed by atoms with Gasteiger partial charge < -0.3 is 15.0 Å². The first-order chi connectivity index (χ1) is 11.1. The Hall–Kier alpha value is -0.970. The van der Waals surface area contributed by atoms with Crippen molar-refractivity contribution in [1.29, 1.82) is 0 Å². The minimum absolute atomic E-state index is 0.345. The number of hydrogen-bond acceptors (Lipinski definition) is 2. The van der Waals surface area contributed by atoms with Crippen molar-refractivity contribution in [2.24, 2.45) is 10.4 Å². The van der Waals surface area contributed by atoms with Crippen LogP contribution in [-0.2, 0) is 11.2 Å². The maximum absolute atomic E-state index is 6.04. The zero-order valence-electron chi connectivity index (χ0n) is 13.4. The largest absolute Gasteiger partial charge is 0.381 e. The van der Waals surface area contributed by atoms with Crippen molar-refractivity contribution in [2.75, 3.05) is 39.9 Å². The van der Waals surface area contributed by atoms with Crippen LogP contribution in [0.1, 0.15) is 18.4 Å². The standard InChI is InChI=1S/C17H23Cl2N3O/c1-20-16(22-6-3-17(11-22)4-7-23-12-17)21-5-2-13-8-14(18)10-15(19)9-13/h8-10H,2-7,11-12H2,1H3,(H,20,21). The zero-order valence-corrected chi connectivity index (χ0v) is 15.0. The maximum Gasteiger partial charge on any atom is 0.193 e. The van der Waals surface area contributed by atoms with E-state index in [9.17, 15) is 0 Å². The number of halogens is 2. The van der Waals surface area contributed by atoms with Gasteiger partial charge in [0.05, 0.1) is 6.61 Å². The number of aliphatic imine (C=N–C) groups is 1. The molecule has 1 aromatic rings. The number of nitrogens with one attached hydrogen (secondary N) is 1. The van der Waals surface area contributed by atoms with Crippen LogP contribution in [0.15, 0.2) is 23.2 Å². The molecule has 1 spiro atoms. The first-order valence-corrected chi connectivity index (χ1v) is 8.84. The Labute approximate surface area is 147 Å². The second-order valence-electron chi connectivity index (χ2n) is 6.48. The summed E-state index contributed by atoms with van der Waals surface area (Å²) in [5.41, 5.74) is 1.48. The number of rotatable bonds is 3. The van der Waals surface area contributed by atoms with E-state index in [0.29, 0.717) is 15.5 Å². The average Bonchev–Trinajstić information content (AvgIpc) is 3.13. The molecule has 0 radical (unpaired) electrons. The van der Waals surface area contributed by atoms with E-state index in [1.54, 1.807) is 6.07 Å². The van der Waals surface area contributed by atoms with Crippen molar-refractivity contribution in [3.8, 4) is 0 Å². The molecular formula is C17H23Cl2N3O. The lowest BCUT2D eigenvalue weighted by atomic mass is 9.87. The summed E-state index contributed by atoms with van der Waals surface area (Å²) in [4.78, 5) is 6.78. The third kappa shape index (κ3) is 4.11. The zero-order chi connectivity index (χ0) is 16.3. The fraction of sp³-hybridized carbons (Fsp3) is 0.588. The SMILES string of the molecule is CN=C(NCCc1cc(Cl)cc(Cl)c1)N1CCC2(CCOC2)C1. The third-order valence-electron chi connectivity index (χ3n) is 4.75. The summed E-state index contributed by atoms with van der Waals surface area (Å²) in [7, 11) is 1.84. The van der Waals surface area contributed by atoms with E-state index in [1.807, 2.05) is 19.2 Å². The summed E-state index contributed by atoms with van der Waals surface area (Å²) in [6.07, 6.45) is 3.22. The van der Waals surface area contributed by atoms with E-state index in [2.05, 4.69) is 15.2 Å². The van der Waals surface area contributed by atoms with Gasteiger partial charge in [0.2, 0.25) is 0 Å². The molecule has 4 nitrogen and oxygen atoms in total. The molecule has 2 aliphatic heterocycles. The summed E-state index contributed by atoms with van der Waals surface area (Å²) < 4.78 is 5.59. The highest BCUT2D eigenvalue weighted by atomic mass is 35.5. The molecule has 0 bridgehead atoms. The van der Waals surface area contributed by atoms with Crippen molar-refractivity contribution in [3.05, 3.63) is 33.8 Å². The first kappa shape index (κ1) is 16.9. The topological polar surface area (TPSA) is 36.9 Å². The van der Waals surface area contributed by atoms with Gasteiger partial charge in [-0.2, -0.15) is 0 Å². The van der Waals surface area contributed by atoms with Crippen LogP contribution in [-0.4, -0.2) is 50.8 Å². The molecule has 1 aromatic carbocycles. The molecule has 1 atom stereocenters. The predicted octanol–water partition coefficient (Wildman–Crippen LogP) is 3.22. The number of ether oxygens (including phenoxy) is 1. The fourth-order valence-electron chi connectivity index (χ4n) is 3.49. The van der Waals surface area contributed by atoms with Gasteiger partial charge in [-0.15, -0.1) is 0 Å². The maximum atomic E-state index is 6.04. The Morgan fingerprint density at radius 1 is 1.30 bits per heavy atom. The second kappa shape index (κ2) is 7.29. The first-order valence-electron chi connectivity index (χ1n) is 8.09. The van der Waals surface area contributed by atoms with Gasteiger partial charge >= 0.3 is 0 Å². The number of likely N-dealkylation sites (tertiary alicyclic amines) is 1. The normalized spacial score (nSPS) is 24.7. The van der Waals surface area contributed by atoms with Gasteiger partial charge in [0.25, 0.3) is 0 Å². The van der Waals surface area contributed by atoms with Crippen molar-refractivity contribution in [2.45, 2.75) is 19.3 Å². The van der Waals surface area contributed by atoms with Crippen LogP contribution < -0.4 is 5.32 Å². The molecule has 0 saturated carbocycles. The number of guanidine groups is 1. The molecule has 23 heavy (non-hydrogen) atoms. The van der Waals surface area contributed by atoms with E-state index < -0.39 is 0 Å². The van der Waals surface area contributed by atoms with Crippen LogP contribution in [0, 0.1) is 5.41 Å². The van der Waals surface area contributed by atoms with Crippen molar-refractivity contribution < 1.29 is 4.74 Å². The van der Waals surface area contributed by atoms with Crippen molar-refractivity contribution in [1.82, 2.24) is 10.2 Å². The monoisotopic (exact) mass is 355 g/mol. The molecule has 3 rings (SSSR count). The molecule has 6 heteroatoms. The lowest BCUT2D eigenvalue weighted by Crippen LogP contribution is -2.42. The van der Waals surface area contributed by atoms with Crippen molar-refractivity contribution >= 4 is 29.2 Å². The van der Waals surface area contributed by atoms with Crippen LogP contribution in [0.25, 0.3) is 0 Å². The fourth-order valence-corrected chi connectivity index (χ4v) is 4.06. The lowest BCUT2D eigenvalue weighted by Gasteiger charge is -2.25. The highest BCUT2D eigenvalue weighted by molar-refractivity contribution is 6.34. The number of benzene rings is 1. The minimum atomic E-state index is 0.345. The molecule has 2 aliphatic rings. The van der Waals surface area contributed by atoms with Crippen molar-refractivity contribution in [3.63, 3.8) is 0 Å². The van der Waals surface area contributed by atoms with Crippen LogP contribution in [0.4, 0.5) is 0 Å². The average molecular weight is 356 g/mol. The van der Waals surface area contributed by atoms with E-state index in [-0.39, 0.29) is 0 Å². The smallest absolute Gasteiger partial charge is 0.193 e. The molecule has 0 aromatic heterocycles. The van der Waals surface area contributed by atoms with Crippen LogP contribution >= 0.6 is 23.2 Å². The van der Waals surface area contributed by atoms with Crippen LogP contribution in [0.3, 0.4) is 0 Å². The molecule has 126 valence electrons. The van der Waals surface area contributed by atoms with Gasteiger partial charge in [0.15, 0.2) is 5.96 Å². The summed E-state index contributed by atoms with van der Waals surface area (Å²) in [6.45, 7) is 4.68. The number of nitrogens with zero attached hydrogens (tertiary/aromatic N) is 2. The predicted molar refractivity (Wildman–Crippen MR) is 95.6 cm³/mol. The molecule has 0 amide bonds. The van der Waals surface area contributed by atoms with Gasteiger partial charge in [-0.1, -0.05) is 23.2 Å². The number of hydrogen-bond donors (Lipinski definition) is 1. The Bertz CT molecular complexity index is 565. The van der Waals surface area contributed by atoms with E-state index in [0.717, 1.165) is 50.8 Å². The highest BCUT2D eigenvalue weighted by Gasteiger charge is 2.42. The molecule has 2 fully saturated rings. The Morgan fingerprint density at radius 3 is 2.74 bits per heavy atom. The minimum Gasteiger partial charge on any atom is -0.381 e. The second-order valence-corrected chi connectivity index (χ2v) is 7.35. The molecule has 1 N–H and O–H groups in total. The van der Waals surface area contributed by atoms with E-state index >= 15 is 0 Å². The van der Waals surface area contributed by atoms with Gasteiger partial charge in [-0.3, -0.25) is 4.99 Å². The molecule has 2 saturated heterocycles. The van der Waals surface area contributed by atoms with Crippen LogP contribution in [0.2, 0.25) is 10.0 Å². The molecule has 1 unspecified atom stereocenters. The van der Waals surface area contributed by atoms with Gasteiger partial charge in [-0.25, -0.2) is 0 Å². The highest BCUT2D eigenvalue weighted by Crippen LogP contribution is 2.38. The summed E-state index contributed by atoms with van der Waals surface area (Å²) in [6, 6.07) is 5.67.